The fourth-order valence-electron chi connectivity index (χ4n) is 1.37. The Morgan fingerprint density at radius 1 is 1.21 bits per heavy atom. The van der Waals surface area contributed by atoms with Gasteiger partial charge in [0.2, 0.25) is 6.79 Å². The van der Waals surface area contributed by atoms with E-state index in [1.807, 2.05) is 18.2 Å². The van der Waals surface area contributed by atoms with Gasteiger partial charge >= 0.3 is 0 Å². The van der Waals surface area contributed by atoms with Crippen LogP contribution in [0.5, 0.6) is 0 Å². The van der Waals surface area contributed by atoms with Crippen molar-refractivity contribution in [2.24, 2.45) is 5.16 Å². The Morgan fingerprint density at radius 3 is 2.63 bits per heavy atom. The molecule has 0 aliphatic carbocycles. The molecule has 5 heteroatoms. The van der Waals surface area contributed by atoms with Crippen molar-refractivity contribution >= 4 is 11.5 Å². The second-order valence-electron chi connectivity index (χ2n) is 3.94. The molecule has 0 fully saturated rings. The largest absolute Gasteiger partial charge is 0.382 e. The van der Waals surface area contributed by atoms with Crippen molar-refractivity contribution in [1.29, 1.82) is 0 Å². The van der Waals surface area contributed by atoms with E-state index in [0.29, 0.717) is 24.5 Å². The lowest BCUT2D eigenvalue weighted by atomic mass is 10.1. The third-order valence-corrected chi connectivity index (χ3v) is 2.30. The van der Waals surface area contributed by atoms with Crippen LogP contribution in [-0.2, 0) is 14.3 Å². The molecule has 1 aromatic rings. The minimum Gasteiger partial charge on any atom is -0.382 e. The van der Waals surface area contributed by atoms with Crippen molar-refractivity contribution in [3.05, 3.63) is 35.9 Å². The minimum atomic E-state index is 0.0192. The number of Topliss-reactive ketones (excluding diaryl/α,β-unsaturated/α-hetero) is 1. The summed E-state index contributed by atoms with van der Waals surface area (Å²) >= 11 is 0. The van der Waals surface area contributed by atoms with Gasteiger partial charge in [0, 0.05) is 12.7 Å². The number of nitrogens with zero attached hydrogens (tertiary/aromatic N) is 1. The summed E-state index contributed by atoms with van der Waals surface area (Å²) in [6, 6.07) is 9.10. The van der Waals surface area contributed by atoms with Crippen LogP contribution in [0.1, 0.15) is 23.7 Å². The molecule has 0 unspecified atom stereocenters. The van der Waals surface area contributed by atoms with E-state index in [4.69, 9.17) is 14.3 Å². The highest BCUT2D eigenvalue weighted by Crippen LogP contribution is 2.04. The average Bonchev–Trinajstić information content (AvgIpc) is 2.43. The van der Waals surface area contributed by atoms with E-state index >= 15 is 0 Å². The van der Waals surface area contributed by atoms with E-state index in [0.717, 1.165) is 0 Å². The Balaban J connectivity index is 2.26. The maximum Gasteiger partial charge on any atom is 0.216 e. The molecular formula is C14H19NO4. The lowest BCUT2D eigenvalue weighted by Crippen LogP contribution is -2.07. The van der Waals surface area contributed by atoms with E-state index in [-0.39, 0.29) is 19.0 Å². The Kier molecular flexibility index (Phi) is 7.46. The van der Waals surface area contributed by atoms with E-state index in [2.05, 4.69) is 5.16 Å². The number of ether oxygens (including phenoxy) is 2. The summed E-state index contributed by atoms with van der Waals surface area (Å²) in [4.78, 5) is 16.8. The van der Waals surface area contributed by atoms with Gasteiger partial charge in [0.15, 0.2) is 5.78 Å². The zero-order valence-corrected chi connectivity index (χ0v) is 11.3. The number of hydrogen-bond acceptors (Lipinski definition) is 5. The molecule has 5 nitrogen and oxygen atoms in total. The van der Waals surface area contributed by atoms with Crippen molar-refractivity contribution in [2.45, 2.75) is 13.3 Å². The van der Waals surface area contributed by atoms with Gasteiger partial charge in [0.25, 0.3) is 0 Å². The van der Waals surface area contributed by atoms with Crippen molar-refractivity contribution in [3.8, 4) is 0 Å². The van der Waals surface area contributed by atoms with Crippen LogP contribution in [0.2, 0.25) is 0 Å². The molecule has 0 atom stereocenters. The molecule has 0 radical (unpaired) electrons. The predicted octanol–water partition coefficient (Wildman–Crippen LogP) is 2.27. The fourth-order valence-corrected chi connectivity index (χ4v) is 1.37. The van der Waals surface area contributed by atoms with Crippen molar-refractivity contribution in [1.82, 2.24) is 0 Å². The molecule has 1 aromatic carbocycles. The molecule has 0 spiro atoms. The first-order valence-corrected chi connectivity index (χ1v) is 6.04. The van der Waals surface area contributed by atoms with E-state index < -0.39 is 0 Å². The molecule has 104 valence electrons. The molecule has 0 saturated heterocycles. The lowest BCUT2D eigenvalue weighted by Gasteiger charge is -2.03. The third kappa shape index (κ3) is 6.69. The van der Waals surface area contributed by atoms with Crippen LogP contribution in [-0.4, -0.2) is 38.6 Å². The minimum absolute atomic E-state index is 0.0192. The molecule has 0 heterocycles. The Bertz CT molecular complexity index is 403. The number of hydrogen-bond donors (Lipinski definition) is 0. The van der Waals surface area contributed by atoms with Gasteiger partial charge < -0.3 is 14.3 Å². The second-order valence-corrected chi connectivity index (χ2v) is 3.94. The monoisotopic (exact) mass is 265 g/mol. The van der Waals surface area contributed by atoms with Crippen LogP contribution in [0.25, 0.3) is 0 Å². The molecule has 0 aliphatic rings. The molecule has 0 aliphatic heterocycles. The van der Waals surface area contributed by atoms with Crippen LogP contribution in [0.4, 0.5) is 0 Å². The van der Waals surface area contributed by atoms with Gasteiger partial charge in [0.1, 0.15) is 0 Å². The third-order valence-electron chi connectivity index (χ3n) is 2.30. The predicted molar refractivity (Wildman–Crippen MR) is 72.3 cm³/mol. The molecular weight excluding hydrogens is 246 g/mol. The number of benzene rings is 1. The standard InChI is InChI=1S/C14H19NO4/c1-12(15-19-11-18-9-8-17-2)10-14(16)13-6-4-3-5-7-13/h3-7H,8-11H2,1-2H3/b15-12+. The maximum atomic E-state index is 11.8. The summed E-state index contributed by atoms with van der Waals surface area (Å²) in [5.41, 5.74) is 1.29. The average molecular weight is 265 g/mol. The van der Waals surface area contributed by atoms with Gasteiger partial charge in [-0.25, -0.2) is 0 Å². The van der Waals surface area contributed by atoms with E-state index in [9.17, 15) is 4.79 Å². The highest BCUT2D eigenvalue weighted by Gasteiger charge is 2.06. The lowest BCUT2D eigenvalue weighted by molar-refractivity contribution is -0.0645. The highest BCUT2D eigenvalue weighted by atomic mass is 16.7. The van der Waals surface area contributed by atoms with E-state index in [1.165, 1.54) is 0 Å². The van der Waals surface area contributed by atoms with Gasteiger partial charge in [-0.05, 0) is 6.92 Å². The second kappa shape index (κ2) is 9.24. The van der Waals surface area contributed by atoms with Gasteiger partial charge in [-0.15, -0.1) is 0 Å². The normalized spacial score (nSPS) is 11.4. The quantitative estimate of drug-likeness (QED) is 0.226. The Morgan fingerprint density at radius 2 is 1.95 bits per heavy atom. The summed E-state index contributed by atoms with van der Waals surface area (Å²) in [5, 5.41) is 3.82. The molecule has 0 bridgehead atoms. The molecule has 0 amide bonds. The van der Waals surface area contributed by atoms with Crippen molar-refractivity contribution in [2.75, 3.05) is 27.1 Å². The van der Waals surface area contributed by atoms with Crippen LogP contribution in [0.15, 0.2) is 35.5 Å². The molecule has 19 heavy (non-hydrogen) atoms. The van der Waals surface area contributed by atoms with Crippen LogP contribution in [0.3, 0.4) is 0 Å². The first-order valence-electron chi connectivity index (χ1n) is 6.04. The van der Waals surface area contributed by atoms with Gasteiger partial charge in [-0.1, -0.05) is 35.5 Å². The zero-order chi connectivity index (χ0) is 13.9. The topological polar surface area (TPSA) is 57.1 Å². The molecule has 0 aromatic heterocycles. The molecule has 0 saturated carbocycles. The Hall–Kier alpha value is -1.72. The first kappa shape index (κ1) is 15.3. The summed E-state index contributed by atoms with van der Waals surface area (Å²) in [6.45, 7) is 2.77. The van der Waals surface area contributed by atoms with Crippen LogP contribution in [0, 0.1) is 0 Å². The fraction of sp³-hybridized carbons (Fsp3) is 0.429. The van der Waals surface area contributed by atoms with Gasteiger partial charge in [-0.2, -0.15) is 0 Å². The van der Waals surface area contributed by atoms with Gasteiger partial charge in [-0.3, -0.25) is 4.79 Å². The van der Waals surface area contributed by atoms with Gasteiger partial charge in [0.05, 0.1) is 25.3 Å². The Labute approximate surface area is 113 Å². The van der Waals surface area contributed by atoms with Crippen molar-refractivity contribution < 1.29 is 19.1 Å². The first-order chi connectivity index (χ1) is 9.24. The molecule has 1 rings (SSSR count). The summed E-state index contributed by atoms with van der Waals surface area (Å²) in [6.07, 6.45) is 0.238. The summed E-state index contributed by atoms with van der Waals surface area (Å²) in [5.74, 6) is 0.0192. The van der Waals surface area contributed by atoms with Crippen LogP contribution >= 0.6 is 0 Å². The number of carbonyl (C=O) groups is 1. The zero-order valence-electron chi connectivity index (χ0n) is 11.3. The number of rotatable bonds is 9. The SMILES string of the molecule is COCCOCO/N=C(\C)CC(=O)c1ccccc1. The van der Waals surface area contributed by atoms with Crippen LogP contribution < -0.4 is 0 Å². The smallest absolute Gasteiger partial charge is 0.216 e. The summed E-state index contributed by atoms with van der Waals surface area (Å²) < 4.78 is 9.88. The highest BCUT2D eigenvalue weighted by molar-refractivity contribution is 6.08. The van der Waals surface area contributed by atoms with E-state index in [1.54, 1.807) is 26.2 Å². The number of methoxy groups -OCH3 is 1. The number of oxime groups is 1. The van der Waals surface area contributed by atoms with Crippen molar-refractivity contribution in [3.63, 3.8) is 0 Å². The summed E-state index contributed by atoms with van der Waals surface area (Å²) in [7, 11) is 1.60. The number of ketones is 1. The number of carbonyl (C=O) groups excluding carboxylic acids is 1. The maximum absolute atomic E-state index is 11.8. The molecule has 0 N–H and O–H groups in total.